The molecule has 0 radical (unpaired) electrons. The number of benzene rings is 1. The van der Waals surface area contributed by atoms with Crippen LogP contribution < -0.4 is 20.1 Å². The van der Waals surface area contributed by atoms with Crippen molar-refractivity contribution in [3.8, 4) is 11.5 Å². The van der Waals surface area contributed by atoms with Crippen LogP contribution in [0.1, 0.15) is 19.3 Å². The summed E-state index contributed by atoms with van der Waals surface area (Å²) in [4.78, 5) is 26.2. The Morgan fingerprint density at radius 3 is 2.64 bits per heavy atom. The number of hydrogen-bond donors (Lipinski definition) is 2. The van der Waals surface area contributed by atoms with Crippen LogP contribution in [0.4, 0.5) is 0 Å². The molecule has 7 nitrogen and oxygen atoms in total. The zero-order valence-electron chi connectivity index (χ0n) is 14.5. The first-order valence-corrected chi connectivity index (χ1v) is 8.78. The molecule has 1 aromatic carbocycles. The van der Waals surface area contributed by atoms with Crippen LogP contribution in [0, 0.1) is 0 Å². The van der Waals surface area contributed by atoms with Crippen LogP contribution in [0.5, 0.6) is 11.5 Å². The van der Waals surface area contributed by atoms with Crippen molar-refractivity contribution in [1.82, 2.24) is 15.5 Å². The van der Waals surface area contributed by atoms with E-state index in [0.717, 1.165) is 12.8 Å². The molecule has 2 amide bonds. The van der Waals surface area contributed by atoms with Gasteiger partial charge in [0.15, 0.2) is 11.5 Å². The molecule has 2 N–H and O–H groups in total. The Labute approximate surface area is 147 Å². The highest BCUT2D eigenvalue weighted by Gasteiger charge is 2.33. The van der Waals surface area contributed by atoms with Crippen LogP contribution in [0.3, 0.4) is 0 Å². The molecule has 136 valence electrons. The van der Waals surface area contributed by atoms with Gasteiger partial charge in [0.2, 0.25) is 12.0 Å². The van der Waals surface area contributed by atoms with Gasteiger partial charge in [-0.05, 0) is 32.0 Å². The Hall–Kier alpha value is -2.28. The van der Waals surface area contributed by atoms with E-state index in [1.165, 1.54) is 0 Å². The molecule has 25 heavy (non-hydrogen) atoms. The van der Waals surface area contributed by atoms with Crippen molar-refractivity contribution in [2.45, 2.75) is 31.4 Å². The van der Waals surface area contributed by atoms with Crippen LogP contribution in [0.2, 0.25) is 0 Å². The van der Waals surface area contributed by atoms with Gasteiger partial charge in [0.05, 0.1) is 0 Å². The van der Waals surface area contributed by atoms with Crippen LogP contribution in [-0.2, 0) is 9.59 Å². The van der Waals surface area contributed by atoms with E-state index >= 15 is 0 Å². The van der Waals surface area contributed by atoms with Crippen LogP contribution in [0.25, 0.3) is 0 Å². The number of fused-ring (bicyclic) bond motifs is 1. The maximum Gasteiger partial charge on any atom is 0.267 e. The quantitative estimate of drug-likeness (QED) is 0.813. The van der Waals surface area contributed by atoms with E-state index in [2.05, 4.69) is 10.6 Å². The summed E-state index contributed by atoms with van der Waals surface area (Å²) in [5.74, 6) is 1.29. The first-order chi connectivity index (χ1) is 12.2. The third-order valence-corrected chi connectivity index (χ3v) is 4.56. The highest BCUT2D eigenvalue weighted by Crippen LogP contribution is 2.31. The number of nitrogens with one attached hydrogen (secondary N) is 2. The Morgan fingerprint density at radius 2 is 1.92 bits per heavy atom. The van der Waals surface area contributed by atoms with Gasteiger partial charge < -0.3 is 25.0 Å². The summed E-state index contributed by atoms with van der Waals surface area (Å²) < 4.78 is 11.4. The average molecular weight is 347 g/mol. The minimum Gasteiger partial charge on any atom is -0.485 e. The molecule has 1 saturated heterocycles. The maximum atomic E-state index is 12.7. The van der Waals surface area contributed by atoms with Gasteiger partial charge in [-0.25, -0.2) is 0 Å². The number of para-hydroxylation sites is 2. The van der Waals surface area contributed by atoms with Crippen molar-refractivity contribution < 1.29 is 19.1 Å². The summed E-state index contributed by atoms with van der Waals surface area (Å²) in [6.07, 6.45) is 1.40. The third-order valence-electron chi connectivity index (χ3n) is 4.56. The number of nitrogens with zero attached hydrogens (tertiary/aromatic N) is 1. The van der Waals surface area contributed by atoms with Gasteiger partial charge in [0.1, 0.15) is 6.61 Å². The first kappa shape index (κ1) is 17.5. The van der Waals surface area contributed by atoms with Crippen molar-refractivity contribution in [3.05, 3.63) is 24.3 Å². The molecule has 0 spiro atoms. The van der Waals surface area contributed by atoms with Gasteiger partial charge in [-0.1, -0.05) is 12.1 Å². The second-order valence-electron chi connectivity index (χ2n) is 6.38. The summed E-state index contributed by atoms with van der Waals surface area (Å²) in [5, 5.41) is 5.99. The average Bonchev–Trinajstić information content (AvgIpc) is 2.66. The lowest BCUT2D eigenvalue weighted by Gasteiger charge is -2.35. The van der Waals surface area contributed by atoms with Gasteiger partial charge in [0.25, 0.3) is 5.91 Å². The van der Waals surface area contributed by atoms with Crippen molar-refractivity contribution in [2.75, 3.05) is 33.3 Å². The number of piperidine rings is 1. The predicted molar refractivity (Wildman–Crippen MR) is 92.6 cm³/mol. The first-order valence-electron chi connectivity index (χ1n) is 8.78. The minimum atomic E-state index is -0.600. The number of ether oxygens (including phenoxy) is 2. The summed E-state index contributed by atoms with van der Waals surface area (Å²) in [6, 6.07) is 7.51. The van der Waals surface area contributed by atoms with E-state index in [4.69, 9.17) is 9.47 Å². The lowest BCUT2D eigenvalue weighted by Crippen LogP contribution is -2.52. The molecule has 3 rings (SSSR count). The molecule has 1 atom stereocenters. The van der Waals surface area contributed by atoms with Crippen LogP contribution >= 0.6 is 0 Å². The van der Waals surface area contributed by atoms with E-state index < -0.39 is 6.10 Å². The van der Waals surface area contributed by atoms with E-state index in [1.54, 1.807) is 4.90 Å². The van der Waals surface area contributed by atoms with Gasteiger partial charge in [-0.2, -0.15) is 0 Å². The zero-order chi connectivity index (χ0) is 17.6. The molecule has 2 aliphatic rings. The Kier molecular flexibility index (Phi) is 5.75. The van der Waals surface area contributed by atoms with Crippen molar-refractivity contribution in [1.29, 1.82) is 0 Å². The second-order valence-corrected chi connectivity index (χ2v) is 6.38. The molecule has 1 aromatic rings. The number of likely N-dealkylation sites (tertiary alicyclic amines) is 1. The summed E-state index contributed by atoms with van der Waals surface area (Å²) in [7, 11) is 1.83. The second kappa shape index (κ2) is 8.20. The number of hydrogen-bond acceptors (Lipinski definition) is 5. The molecule has 0 saturated carbocycles. The molecule has 2 aliphatic heterocycles. The highest BCUT2D eigenvalue weighted by atomic mass is 16.6. The number of rotatable bonds is 5. The molecule has 1 fully saturated rings. The smallest absolute Gasteiger partial charge is 0.267 e. The number of amides is 2. The third kappa shape index (κ3) is 4.42. The fourth-order valence-corrected chi connectivity index (χ4v) is 3.13. The highest BCUT2D eigenvalue weighted by molar-refractivity contribution is 5.82. The van der Waals surface area contributed by atoms with Gasteiger partial charge in [-0.15, -0.1) is 0 Å². The fraction of sp³-hybridized carbons (Fsp3) is 0.556. The van der Waals surface area contributed by atoms with Crippen molar-refractivity contribution >= 4 is 11.8 Å². The molecule has 0 bridgehead atoms. The number of carbonyl (C=O) groups excluding carboxylic acids is 2. The fourth-order valence-electron chi connectivity index (χ4n) is 3.13. The van der Waals surface area contributed by atoms with Crippen molar-refractivity contribution in [2.24, 2.45) is 0 Å². The normalized spacial score (nSPS) is 20.2. The summed E-state index contributed by atoms with van der Waals surface area (Å²) in [5.41, 5.74) is 0. The number of carbonyl (C=O) groups is 2. The predicted octanol–water partition coefficient (Wildman–Crippen LogP) is 0.543. The Balaban J connectivity index is 1.47. The standard InChI is InChI=1S/C18H25N3O4/c1-19-9-6-17(22)20-13-7-10-21(11-8-13)18(23)16-12-24-14-4-2-3-5-15(14)25-16/h2-5,13,16,19H,6-12H2,1H3,(H,20,22). The summed E-state index contributed by atoms with van der Waals surface area (Å²) >= 11 is 0. The molecule has 2 heterocycles. The van der Waals surface area contributed by atoms with Gasteiger partial charge in [0, 0.05) is 32.1 Å². The lowest BCUT2D eigenvalue weighted by molar-refractivity contribution is -0.142. The zero-order valence-corrected chi connectivity index (χ0v) is 14.5. The van der Waals surface area contributed by atoms with Crippen molar-refractivity contribution in [3.63, 3.8) is 0 Å². The maximum absolute atomic E-state index is 12.7. The van der Waals surface area contributed by atoms with E-state index in [1.807, 2.05) is 31.3 Å². The van der Waals surface area contributed by atoms with E-state index in [0.29, 0.717) is 37.6 Å². The largest absolute Gasteiger partial charge is 0.485 e. The van der Waals surface area contributed by atoms with E-state index in [-0.39, 0.29) is 24.5 Å². The topological polar surface area (TPSA) is 79.9 Å². The summed E-state index contributed by atoms with van der Waals surface area (Å²) in [6.45, 7) is 2.15. The van der Waals surface area contributed by atoms with Crippen LogP contribution in [0.15, 0.2) is 24.3 Å². The SMILES string of the molecule is CNCCC(=O)NC1CCN(C(=O)C2COc3ccccc3O2)CC1. The Bertz CT molecular complexity index is 614. The minimum absolute atomic E-state index is 0.0468. The van der Waals surface area contributed by atoms with Gasteiger partial charge in [-0.3, -0.25) is 9.59 Å². The van der Waals surface area contributed by atoms with Gasteiger partial charge >= 0.3 is 0 Å². The monoisotopic (exact) mass is 347 g/mol. The molecule has 0 aliphatic carbocycles. The molecular weight excluding hydrogens is 322 g/mol. The molecular formula is C18H25N3O4. The Morgan fingerprint density at radius 1 is 1.20 bits per heavy atom. The lowest BCUT2D eigenvalue weighted by atomic mass is 10.0. The molecule has 1 unspecified atom stereocenters. The van der Waals surface area contributed by atoms with Crippen LogP contribution in [-0.4, -0.2) is 62.1 Å². The molecule has 7 heteroatoms. The van der Waals surface area contributed by atoms with E-state index in [9.17, 15) is 9.59 Å². The molecule has 0 aromatic heterocycles.